The van der Waals surface area contributed by atoms with Crippen LogP contribution >= 0.6 is 27.7 Å². The molecule has 2 aliphatic rings. The topological polar surface area (TPSA) is 26.3 Å². The molecule has 2 fully saturated rings. The average Bonchev–Trinajstić information content (AvgIpc) is 2.86. The highest BCUT2D eigenvalue weighted by Crippen LogP contribution is 2.41. The molecule has 3 rings (SSSR count). The zero-order valence-corrected chi connectivity index (χ0v) is 13.1. The van der Waals surface area contributed by atoms with Crippen molar-refractivity contribution in [3.8, 4) is 0 Å². The van der Waals surface area contributed by atoms with Crippen molar-refractivity contribution >= 4 is 33.5 Å². The monoisotopic (exact) mass is 340 g/mol. The van der Waals surface area contributed by atoms with Gasteiger partial charge in [0.15, 0.2) is 5.78 Å². The highest BCUT2D eigenvalue weighted by molar-refractivity contribution is 9.10. The molecule has 2 atom stereocenters. The number of carbonyl (C=O) groups is 1. The van der Waals surface area contributed by atoms with Crippen molar-refractivity contribution in [3.63, 3.8) is 0 Å². The molecule has 2 heterocycles. The third kappa shape index (κ3) is 2.91. The maximum atomic E-state index is 12.6. The van der Waals surface area contributed by atoms with E-state index in [0.29, 0.717) is 0 Å². The van der Waals surface area contributed by atoms with E-state index in [-0.39, 0.29) is 17.3 Å². The first-order valence-electron chi connectivity index (χ1n) is 6.70. The van der Waals surface area contributed by atoms with Crippen LogP contribution in [0.3, 0.4) is 0 Å². The summed E-state index contributed by atoms with van der Waals surface area (Å²) in [5.74, 6) is 2.62. The minimum atomic E-state index is -0.0186. The van der Waals surface area contributed by atoms with Gasteiger partial charge in [-0.3, -0.25) is 4.79 Å². The first-order valence-corrected chi connectivity index (χ1v) is 8.65. The van der Waals surface area contributed by atoms with Crippen molar-refractivity contribution in [1.82, 2.24) is 0 Å². The summed E-state index contributed by atoms with van der Waals surface area (Å²) in [7, 11) is 0. The Kier molecular flexibility index (Phi) is 4.01. The maximum absolute atomic E-state index is 12.6. The molecule has 0 aromatic heterocycles. The molecule has 19 heavy (non-hydrogen) atoms. The normalized spacial score (nSPS) is 30.7. The van der Waals surface area contributed by atoms with Gasteiger partial charge in [0.2, 0.25) is 0 Å². The first kappa shape index (κ1) is 13.7. The minimum absolute atomic E-state index is 0.0186. The van der Waals surface area contributed by atoms with Gasteiger partial charge in [-0.05, 0) is 37.1 Å². The van der Waals surface area contributed by atoms with E-state index >= 15 is 0 Å². The molecule has 4 heteroatoms. The van der Waals surface area contributed by atoms with Crippen molar-refractivity contribution in [3.05, 3.63) is 34.3 Å². The molecule has 2 saturated heterocycles. The molecule has 2 unspecified atom stereocenters. The Hall–Kier alpha value is -0.320. The van der Waals surface area contributed by atoms with Crippen molar-refractivity contribution in [2.24, 2.45) is 5.92 Å². The van der Waals surface area contributed by atoms with E-state index in [1.165, 1.54) is 0 Å². The Bertz CT molecular complexity index is 483. The largest absolute Gasteiger partial charge is 0.374 e. The molecule has 2 aliphatic heterocycles. The van der Waals surface area contributed by atoms with E-state index in [4.69, 9.17) is 4.74 Å². The molecule has 0 aliphatic carbocycles. The zero-order valence-electron chi connectivity index (χ0n) is 10.7. The van der Waals surface area contributed by atoms with Crippen LogP contribution in [0, 0.1) is 5.92 Å². The van der Waals surface area contributed by atoms with Crippen LogP contribution in [0.4, 0.5) is 0 Å². The summed E-state index contributed by atoms with van der Waals surface area (Å²) in [4.78, 5) is 12.6. The van der Waals surface area contributed by atoms with Gasteiger partial charge >= 0.3 is 0 Å². The van der Waals surface area contributed by atoms with Gasteiger partial charge < -0.3 is 4.74 Å². The molecule has 1 aromatic carbocycles. The van der Waals surface area contributed by atoms with Crippen LogP contribution in [0.25, 0.3) is 0 Å². The summed E-state index contributed by atoms with van der Waals surface area (Å²) in [6.07, 6.45) is 2.85. The lowest BCUT2D eigenvalue weighted by Crippen LogP contribution is -2.42. The fourth-order valence-corrected chi connectivity index (χ4v) is 4.77. The van der Waals surface area contributed by atoms with Crippen molar-refractivity contribution < 1.29 is 9.53 Å². The number of hydrogen-bond acceptors (Lipinski definition) is 3. The summed E-state index contributed by atoms with van der Waals surface area (Å²) in [6.45, 7) is 0.727. The van der Waals surface area contributed by atoms with Gasteiger partial charge in [0.25, 0.3) is 0 Å². The van der Waals surface area contributed by atoms with Gasteiger partial charge in [-0.25, -0.2) is 0 Å². The van der Waals surface area contributed by atoms with E-state index in [2.05, 4.69) is 15.9 Å². The summed E-state index contributed by atoms with van der Waals surface area (Å²) in [6, 6.07) is 7.72. The molecule has 0 radical (unpaired) electrons. The smallest absolute Gasteiger partial charge is 0.166 e. The maximum Gasteiger partial charge on any atom is 0.166 e. The quantitative estimate of drug-likeness (QED) is 0.763. The predicted molar refractivity (Wildman–Crippen MR) is 81.8 cm³/mol. The first-order chi connectivity index (χ1) is 9.19. The van der Waals surface area contributed by atoms with Crippen LogP contribution in [0.15, 0.2) is 28.7 Å². The average molecular weight is 341 g/mol. The number of rotatable bonds is 2. The van der Waals surface area contributed by atoms with Gasteiger partial charge in [0, 0.05) is 28.3 Å². The number of ether oxygens (including phenoxy) is 1. The lowest BCUT2D eigenvalue weighted by atomic mass is 9.81. The summed E-state index contributed by atoms with van der Waals surface area (Å²) in [5, 5.41) is 0. The van der Waals surface area contributed by atoms with Gasteiger partial charge in [0.05, 0.1) is 5.60 Å². The van der Waals surface area contributed by atoms with E-state index in [9.17, 15) is 4.79 Å². The molecule has 0 N–H and O–H groups in total. The molecule has 102 valence electrons. The van der Waals surface area contributed by atoms with Crippen LogP contribution in [-0.2, 0) is 4.74 Å². The Labute approximate surface area is 126 Å². The predicted octanol–water partition coefficient (Wildman–Crippen LogP) is 3.93. The summed E-state index contributed by atoms with van der Waals surface area (Å²) in [5.41, 5.74) is 0.803. The lowest BCUT2D eigenvalue weighted by molar-refractivity contribution is -0.0734. The molecular weight excluding hydrogens is 324 g/mol. The van der Waals surface area contributed by atoms with Crippen LogP contribution in [0.2, 0.25) is 0 Å². The molecular formula is C15H17BrO2S. The van der Waals surface area contributed by atoms with Gasteiger partial charge in [0.1, 0.15) is 0 Å². The number of thioether (sulfide) groups is 1. The molecule has 2 nitrogen and oxygen atoms in total. The standard InChI is InChI=1S/C15H17BrO2S/c16-13-3-1-2-11(8-13)14(17)12-4-6-18-15(9-12)5-7-19-10-15/h1-3,8,12H,4-7,9-10H2. The number of ketones is 1. The SMILES string of the molecule is O=C(c1cccc(Br)c1)C1CCOC2(CCSC2)C1. The second kappa shape index (κ2) is 5.58. The Morgan fingerprint density at radius 1 is 1.47 bits per heavy atom. The summed E-state index contributed by atoms with van der Waals surface area (Å²) >= 11 is 5.38. The number of carbonyl (C=O) groups excluding carboxylic acids is 1. The minimum Gasteiger partial charge on any atom is -0.374 e. The Morgan fingerprint density at radius 3 is 3.11 bits per heavy atom. The van der Waals surface area contributed by atoms with E-state index in [0.717, 1.165) is 47.4 Å². The molecule has 0 bridgehead atoms. The number of benzene rings is 1. The lowest BCUT2D eigenvalue weighted by Gasteiger charge is -2.37. The summed E-state index contributed by atoms with van der Waals surface area (Å²) < 4.78 is 6.95. The number of Topliss-reactive ketones (excluding diaryl/α,β-unsaturated/α-hetero) is 1. The molecule has 1 aromatic rings. The van der Waals surface area contributed by atoms with Crippen molar-refractivity contribution in [2.75, 3.05) is 18.1 Å². The van der Waals surface area contributed by atoms with Crippen molar-refractivity contribution in [1.29, 1.82) is 0 Å². The Morgan fingerprint density at radius 2 is 2.37 bits per heavy atom. The van der Waals surface area contributed by atoms with Gasteiger partial charge in [-0.15, -0.1) is 0 Å². The van der Waals surface area contributed by atoms with E-state index < -0.39 is 0 Å². The third-order valence-electron chi connectivity index (χ3n) is 4.04. The van der Waals surface area contributed by atoms with E-state index in [1.54, 1.807) is 0 Å². The third-order valence-corrected chi connectivity index (χ3v) is 5.76. The second-order valence-electron chi connectivity index (χ2n) is 5.40. The fraction of sp³-hybridized carbons (Fsp3) is 0.533. The Balaban J connectivity index is 1.76. The van der Waals surface area contributed by atoms with Crippen LogP contribution in [0.1, 0.15) is 29.6 Å². The van der Waals surface area contributed by atoms with Crippen LogP contribution < -0.4 is 0 Å². The second-order valence-corrected chi connectivity index (χ2v) is 7.42. The van der Waals surface area contributed by atoms with Gasteiger partial charge in [-0.2, -0.15) is 11.8 Å². The van der Waals surface area contributed by atoms with Gasteiger partial charge in [-0.1, -0.05) is 28.1 Å². The zero-order chi connectivity index (χ0) is 13.3. The number of hydrogen-bond donors (Lipinski definition) is 0. The van der Waals surface area contributed by atoms with Crippen molar-refractivity contribution in [2.45, 2.75) is 24.9 Å². The van der Waals surface area contributed by atoms with E-state index in [1.807, 2.05) is 36.0 Å². The molecule has 0 saturated carbocycles. The molecule has 0 amide bonds. The van der Waals surface area contributed by atoms with Crippen LogP contribution in [-0.4, -0.2) is 29.5 Å². The fourth-order valence-electron chi connectivity index (χ4n) is 2.99. The highest BCUT2D eigenvalue weighted by atomic mass is 79.9. The highest BCUT2D eigenvalue weighted by Gasteiger charge is 2.42. The molecule has 1 spiro atoms. The number of halogens is 1. The van der Waals surface area contributed by atoms with Crippen LogP contribution in [0.5, 0.6) is 0 Å².